The van der Waals surface area contributed by atoms with Crippen molar-refractivity contribution in [3.8, 4) is 11.1 Å². The Morgan fingerprint density at radius 3 is 2.63 bits per heavy atom. The molecule has 0 aliphatic carbocycles. The first-order chi connectivity index (χ1) is 13.1. The Balaban J connectivity index is 1.62. The van der Waals surface area contributed by atoms with Gasteiger partial charge in [-0.15, -0.1) is 11.3 Å². The number of esters is 2. The number of benzene rings is 1. The van der Waals surface area contributed by atoms with Crippen LogP contribution < -0.4 is 4.90 Å². The molecule has 3 heterocycles. The summed E-state index contributed by atoms with van der Waals surface area (Å²) < 4.78 is 15.9. The van der Waals surface area contributed by atoms with Gasteiger partial charge >= 0.3 is 11.9 Å². The van der Waals surface area contributed by atoms with Crippen molar-refractivity contribution >= 4 is 28.3 Å². The van der Waals surface area contributed by atoms with Gasteiger partial charge in [-0.1, -0.05) is 30.3 Å². The van der Waals surface area contributed by atoms with E-state index in [0.717, 1.165) is 29.2 Å². The van der Waals surface area contributed by atoms with Gasteiger partial charge < -0.3 is 19.1 Å². The predicted molar refractivity (Wildman–Crippen MR) is 102 cm³/mol. The van der Waals surface area contributed by atoms with E-state index in [0.29, 0.717) is 24.5 Å². The Hall–Kier alpha value is -2.38. The fourth-order valence-corrected chi connectivity index (χ4v) is 4.43. The minimum Gasteiger partial charge on any atom is -0.460 e. The lowest BCUT2D eigenvalue weighted by Gasteiger charge is -2.28. The van der Waals surface area contributed by atoms with Crippen LogP contribution in [0.3, 0.4) is 0 Å². The SMILES string of the molecule is C[C@H]1C[C@@H](OC(=O)c2cc(-c3ccccc3)c(N3CCOCC3)s2)C(=O)O1. The van der Waals surface area contributed by atoms with Crippen LogP contribution in [0, 0.1) is 0 Å². The van der Waals surface area contributed by atoms with Crippen LogP contribution in [0.15, 0.2) is 36.4 Å². The molecular formula is C20H21NO5S. The summed E-state index contributed by atoms with van der Waals surface area (Å²) in [6.07, 6.45) is -0.637. The van der Waals surface area contributed by atoms with Crippen LogP contribution in [-0.2, 0) is 19.0 Å². The molecule has 0 N–H and O–H groups in total. The third-order valence-electron chi connectivity index (χ3n) is 4.67. The molecule has 0 saturated carbocycles. The molecule has 0 spiro atoms. The van der Waals surface area contributed by atoms with Gasteiger partial charge in [-0.3, -0.25) is 0 Å². The Bertz CT molecular complexity index is 828. The minimum absolute atomic E-state index is 0.220. The lowest BCUT2D eigenvalue weighted by molar-refractivity contribution is -0.147. The van der Waals surface area contributed by atoms with Crippen molar-refractivity contribution in [1.82, 2.24) is 0 Å². The number of thiophene rings is 1. The van der Waals surface area contributed by atoms with Crippen molar-refractivity contribution in [2.75, 3.05) is 31.2 Å². The predicted octanol–water partition coefficient (Wildman–Crippen LogP) is 3.11. The molecule has 2 aliphatic rings. The maximum Gasteiger partial charge on any atom is 0.349 e. The summed E-state index contributed by atoms with van der Waals surface area (Å²) >= 11 is 1.40. The zero-order chi connectivity index (χ0) is 18.8. The Labute approximate surface area is 161 Å². The quantitative estimate of drug-likeness (QED) is 0.751. The molecule has 6 nitrogen and oxygen atoms in total. The molecule has 27 heavy (non-hydrogen) atoms. The van der Waals surface area contributed by atoms with Crippen molar-refractivity contribution in [3.63, 3.8) is 0 Å². The van der Waals surface area contributed by atoms with Gasteiger partial charge in [0.05, 0.1) is 18.2 Å². The molecule has 2 aliphatic heterocycles. The molecule has 0 unspecified atom stereocenters. The standard InChI is InChI=1S/C20H21NO5S/c1-13-11-16(19(22)25-13)26-20(23)17-12-15(14-5-3-2-4-6-14)18(27-17)21-7-9-24-10-8-21/h2-6,12-13,16H,7-11H2,1H3/t13-,16+/m0/s1. The maximum atomic E-state index is 12.7. The number of carbonyl (C=O) groups is 2. The van der Waals surface area contributed by atoms with Gasteiger partial charge in [-0.2, -0.15) is 0 Å². The van der Waals surface area contributed by atoms with Gasteiger partial charge in [0.1, 0.15) is 11.0 Å². The van der Waals surface area contributed by atoms with E-state index >= 15 is 0 Å². The Kier molecular flexibility index (Phi) is 5.13. The van der Waals surface area contributed by atoms with E-state index in [9.17, 15) is 9.59 Å². The third kappa shape index (κ3) is 3.84. The van der Waals surface area contributed by atoms with E-state index < -0.39 is 18.0 Å². The van der Waals surface area contributed by atoms with Crippen LogP contribution in [0.2, 0.25) is 0 Å². The average Bonchev–Trinajstić information content (AvgIpc) is 3.27. The van der Waals surface area contributed by atoms with E-state index in [1.54, 1.807) is 6.92 Å². The largest absolute Gasteiger partial charge is 0.460 e. The number of hydrogen-bond donors (Lipinski definition) is 0. The lowest BCUT2D eigenvalue weighted by Crippen LogP contribution is -2.35. The summed E-state index contributed by atoms with van der Waals surface area (Å²) in [5.74, 6) is -0.947. The molecule has 2 aromatic rings. The number of nitrogens with zero attached hydrogens (tertiary/aromatic N) is 1. The maximum absolute atomic E-state index is 12.7. The van der Waals surface area contributed by atoms with E-state index in [-0.39, 0.29) is 6.10 Å². The highest BCUT2D eigenvalue weighted by atomic mass is 32.1. The number of cyclic esters (lactones) is 1. The lowest BCUT2D eigenvalue weighted by atomic mass is 10.1. The van der Waals surface area contributed by atoms with E-state index in [2.05, 4.69) is 4.90 Å². The molecule has 0 amide bonds. The van der Waals surface area contributed by atoms with Gasteiger partial charge in [0.25, 0.3) is 0 Å². The van der Waals surface area contributed by atoms with Crippen molar-refractivity contribution in [2.45, 2.75) is 25.6 Å². The van der Waals surface area contributed by atoms with Gasteiger partial charge in [0.15, 0.2) is 0 Å². The van der Waals surface area contributed by atoms with Gasteiger partial charge in [0.2, 0.25) is 6.10 Å². The van der Waals surface area contributed by atoms with Gasteiger partial charge in [0, 0.05) is 25.1 Å². The normalized spacial score (nSPS) is 22.6. The smallest absolute Gasteiger partial charge is 0.349 e. The summed E-state index contributed by atoms with van der Waals surface area (Å²) in [5, 5.41) is 1.03. The second kappa shape index (κ2) is 7.70. The monoisotopic (exact) mass is 387 g/mol. The van der Waals surface area contributed by atoms with Crippen LogP contribution >= 0.6 is 11.3 Å². The van der Waals surface area contributed by atoms with Gasteiger partial charge in [-0.25, -0.2) is 9.59 Å². The summed E-state index contributed by atoms with van der Waals surface area (Å²) in [6.45, 7) is 4.68. The van der Waals surface area contributed by atoms with Crippen molar-refractivity contribution in [1.29, 1.82) is 0 Å². The second-order valence-corrected chi connectivity index (χ2v) is 7.70. The first-order valence-electron chi connectivity index (χ1n) is 9.05. The highest BCUT2D eigenvalue weighted by Gasteiger charge is 2.36. The zero-order valence-electron chi connectivity index (χ0n) is 15.1. The first-order valence-corrected chi connectivity index (χ1v) is 9.87. The summed E-state index contributed by atoms with van der Waals surface area (Å²) in [6, 6.07) is 11.8. The second-order valence-electron chi connectivity index (χ2n) is 6.67. The first kappa shape index (κ1) is 18.0. The molecule has 1 aromatic carbocycles. The molecule has 7 heteroatoms. The fraction of sp³-hybridized carbons (Fsp3) is 0.400. The molecule has 2 fully saturated rings. The molecule has 142 valence electrons. The number of carbonyl (C=O) groups excluding carboxylic acids is 2. The molecule has 0 radical (unpaired) electrons. The highest BCUT2D eigenvalue weighted by Crippen LogP contribution is 2.40. The third-order valence-corrected chi connectivity index (χ3v) is 5.85. The summed E-state index contributed by atoms with van der Waals surface area (Å²) in [4.78, 5) is 27.2. The van der Waals surface area contributed by atoms with Gasteiger partial charge in [-0.05, 0) is 18.6 Å². The summed E-state index contributed by atoms with van der Waals surface area (Å²) in [7, 11) is 0. The van der Waals surface area contributed by atoms with Crippen LogP contribution in [0.25, 0.3) is 11.1 Å². The molecule has 4 rings (SSSR count). The van der Waals surface area contributed by atoms with E-state index in [1.165, 1.54) is 11.3 Å². The minimum atomic E-state index is -0.818. The molecule has 2 atom stereocenters. The van der Waals surface area contributed by atoms with E-state index in [1.807, 2.05) is 36.4 Å². The average molecular weight is 387 g/mol. The van der Waals surface area contributed by atoms with Crippen molar-refractivity contribution in [2.24, 2.45) is 0 Å². The number of anilines is 1. The van der Waals surface area contributed by atoms with Crippen molar-refractivity contribution < 1.29 is 23.8 Å². The fourth-order valence-electron chi connectivity index (χ4n) is 3.31. The number of hydrogen-bond acceptors (Lipinski definition) is 7. The zero-order valence-corrected chi connectivity index (χ0v) is 15.9. The molecule has 0 bridgehead atoms. The van der Waals surface area contributed by atoms with Crippen LogP contribution in [-0.4, -0.2) is 50.4 Å². The van der Waals surface area contributed by atoms with Crippen molar-refractivity contribution in [3.05, 3.63) is 41.3 Å². The van der Waals surface area contributed by atoms with Crippen LogP contribution in [0.1, 0.15) is 23.0 Å². The number of rotatable bonds is 4. The van der Waals surface area contributed by atoms with E-state index in [4.69, 9.17) is 14.2 Å². The Morgan fingerprint density at radius 2 is 1.96 bits per heavy atom. The topological polar surface area (TPSA) is 65.1 Å². The molecular weight excluding hydrogens is 366 g/mol. The number of ether oxygens (including phenoxy) is 3. The van der Waals surface area contributed by atoms with Crippen LogP contribution in [0.5, 0.6) is 0 Å². The summed E-state index contributed by atoms with van der Waals surface area (Å²) in [5.41, 5.74) is 2.04. The molecule has 2 saturated heterocycles. The Morgan fingerprint density at radius 1 is 1.22 bits per heavy atom. The molecule has 1 aromatic heterocycles. The van der Waals surface area contributed by atoms with Crippen LogP contribution in [0.4, 0.5) is 5.00 Å². The number of morpholine rings is 1. The highest BCUT2D eigenvalue weighted by molar-refractivity contribution is 7.18.